The van der Waals surface area contributed by atoms with Crippen molar-refractivity contribution in [3.05, 3.63) is 35.4 Å². The second kappa shape index (κ2) is 5.65. The lowest BCUT2D eigenvalue weighted by molar-refractivity contribution is 0.0870. The monoisotopic (exact) mass is 268 g/mol. The molecule has 104 valence electrons. The number of hydrogen-bond donors (Lipinski definition) is 2. The molecule has 0 atom stereocenters. The van der Waals surface area contributed by atoms with Crippen LogP contribution in [0.25, 0.3) is 0 Å². The Bertz CT molecular complexity index is 471. The molecule has 0 radical (unpaired) electrons. The van der Waals surface area contributed by atoms with E-state index >= 15 is 0 Å². The maximum Gasteiger partial charge on any atom is 0.254 e. The fraction of sp³-hybridized carbons (Fsp3) is 0.500. The first kappa shape index (κ1) is 13.9. The predicted molar refractivity (Wildman–Crippen MR) is 68.7 cm³/mol. The van der Waals surface area contributed by atoms with Crippen molar-refractivity contribution >= 4 is 5.91 Å². The molecule has 1 aliphatic rings. The molecule has 0 unspecified atom stereocenters. The lowest BCUT2D eigenvalue weighted by atomic mass is 9.81. The number of halogens is 2. The quantitative estimate of drug-likeness (QED) is 0.884. The molecule has 2 rings (SSSR count). The molecule has 0 heterocycles. The van der Waals surface area contributed by atoms with Crippen LogP contribution in [-0.4, -0.2) is 18.0 Å². The van der Waals surface area contributed by atoms with Crippen molar-refractivity contribution < 1.29 is 13.6 Å². The first-order valence-corrected chi connectivity index (χ1v) is 6.54. The van der Waals surface area contributed by atoms with Crippen molar-refractivity contribution in [1.82, 2.24) is 5.32 Å². The van der Waals surface area contributed by atoms with Gasteiger partial charge in [-0.1, -0.05) is 19.3 Å². The first-order valence-electron chi connectivity index (χ1n) is 6.54. The molecule has 1 aromatic carbocycles. The van der Waals surface area contributed by atoms with Crippen LogP contribution in [0.15, 0.2) is 18.2 Å². The van der Waals surface area contributed by atoms with Crippen LogP contribution in [0.4, 0.5) is 8.78 Å². The van der Waals surface area contributed by atoms with Crippen LogP contribution < -0.4 is 11.1 Å². The number of nitrogens with one attached hydrogen (secondary N) is 1. The zero-order valence-corrected chi connectivity index (χ0v) is 10.7. The molecule has 0 saturated heterocycles. The van der Waals surface area contributed by atoms with Crippen LogP contribution in [-0.2, 0) is 0 Å². The zero-order chi connectivity index (χ0) is 13.9. The normalized spacial score (nSPS) is 18.1. The Balaban J connectivity index is 2.15. The van der Waals surface area contributed by atoms with E-state index in [0.717, 1.165) is 44.2 Å². The summed E-state index contributed by atoms with van der Waals surface area (Å²) in [7, 11) is 0. The average Bonchev–Trinajstić information content (AvgIpc) is 2.39. The molecule has 19 heavy (non-hydrogen) atoms. The molecular weight excluding hydrogens is 250 g/mol. The van der Waals surface area contributed by atoms with Gasteiger partial charge in [0.05, 0.1) is 11.1 Å². The summed E-state index contributed by atoms with van der Waals surface area (Å²) >= 11 is 0. The Morgan fingerprint density at radius 2 is 1.95 bits per heavy atom. The highest BCUT2D eigenvalue weighted by molar-refractivity contribution is 5.95. The zero-order valence-electron chi connectivity index (χ0n) is 10.7. The Morgan fingerprint density at radius 3 is 2.53 bits per heavy atom. The number of carbonyl (C=O) groups is 1. The maximum atomic E-state index is 13.6. The van der Waals surface area contributed by atoms with E-state index in [-0.39, 0.29) is 5.56 Å². The van der Waals surface area contributed by atoms with Crippen molar-refractivity contribution in [2.24, 2.45) is 5.73 Å². The van der Waals surface area contributed by atoms with Gasteiger partial charge in [0.25, 0.3) is 5.91 Å². The summed E-state index contributed by atoms with van der Waals surface area (Å²) < 4.78 is 26.4. The Labute approximate surface area is 111 Å². The number of amides is 1. The second-order valence-electron chi connectivity index (χ2n) is 5.12. The summed E-state index contributed by atoms with van der Waals surface area (Å²) in [6.45, 7) is 0.335. The molecule has 0 bridgehead atoms. The van der Waals surface area contributed by atoms with E-state index in [4.69, 9.17) is 5.73 Å². The third-order valence-electron chi connectivity index (χ3n) is 3.76. The van der Waals surface area contributed by atoms with Gasteiger partial charge in [0, 0.05) is 12.6 Å². The third-order valence-corrected chi connectivity index (χ3v) is 3.76. The van der Waals surface area contributed by atoms with Gasteiger partial charge in [-0.2, -0.15) is 0 Å². The van der Waals surface area contributed by atoms with E-state index in [1.54, 1.807) is 0 Å². The summed E-state index contributed by atoms with van der Waals surface area (Å²) in [5.74, 6) is -2.06. The standard InChI is InChI=1S/C14H18F2N2O/c15-10-4-5-11(12(16)8-10)13(19)18-14(9-17)6-2-1-3-7-14/h4-5,8H,1-3,6-7,9,17H2,(H,18,19). The lowest BCUT2D eigenvalue weighted by Crippen LogP contribution is -2.54. The minimum Gasteiger partial charge on any atom is -0.345 e. The molecule has 1 aromatic rings. The highest BCUT2D eigenvalue weighted by atomic mass is 19.1. The van der Waals surface area contributed by atoms with Crippen LogP contribution in [0.1, 0.15) is 42.5 Å². The fourth-order valence-corrected chi connectivity index (χ4v) is 2.59. The molecule has 1 fully saturated rings. The molecule has 1 aliphatic carbocycles. The number of benzene rings is 1. The van der Waals surface area contributed by atoms with Crippen LogP contribution >= 0.6 is 0 Å². The lowest BCUT2D eigenvalue weighted by Gasteiger charge is -2.37. The SMILES string of the molecule is NCC1(NC(=O)c2ccc(F)cc2F)CCCCC1. The minimum absolute atomic E-state index is 0.139. The highest BCUT2D eigenvalue weighted by Crippen LogP contribution is 2.27. The topological polar surface area (TPSA) is 55.1 Å². The summed E-state index contributed by atoms with van der Waals surface area (Å²) in [4.78, 5) is 12.1. The molecule has 1 saturated carbocycles. The van der Waals surface area contributed by atoms with Gasteiger partial charge in [-0.25, -0.2) is 8.78 Å². The van der Waals surface area contributed by atoms with Gasteiger partial charge in [-0.05, 0) is 25.0 Å². The number of nitrogens with two attached hydrogens (primary N) is 1. The predicted octanol–water partition coefficient (Wildman–Crippen LogP) is 2.36. The van der Waals surface area contributed by atoms with Gasteiger partial charge in [0.1, 0.15) is 11.6 Å². The van der Waals surface area contributed by atoms with E-state index in [2.05, 4.69) is 5.32 Å². The Hall–Kier alpha value is -1.49. The van der Waals surface area contributed by atoms with Crippen molar-refractivity contribution in [3.8, 4) is 0 Å². The number of rotatable bonds is 3. The second-order valence-corrected chi connectivity index (χ2v) is 5.12. The van der Waals surface area contributed by atoms with E-state index in [0.29, 0.717) is 12.6 Å². The van der Waals surface area contributed by atoms with E-state index in [1.165, 1.54) is 0 Å². The molecule has 3 N–H and O–H groups in total. The van der Waals surface area contributed by atoms with Crippen molar-refractivity contribution in [2.45, 2.75) is 37.6 Å². The summed E-state index contributed by atoms with van der Waals surface area (Å²) in [6, 6.07) is 2.95. The van der Waals surface area contributed by atoms with Crippen molar-refractivity contribution in [3.63, 3.8) is 0 Å². The molecular formula is C14H18F2N2O. The van der Waals surface area contributed by atoms with Crippen molar-refractivity contribution in [2.75, 3.05) is 6.54 Å². The van der Waals surface area contributed by atoms with Gasteiger partial charge in [-0.3, -0.25) is 4.79 Å². The molecule has 0 spiro atoms. The molecule has 0 aliphatic heterocycles. The third kappa shape index (κ3) is 3.10. The van der Waals surface area contributed by atoms with Crippen LogP contribution in [0.3, 0.4) is 0 Å². The van der Waals surface area contributed by atoms with Crippen LogP contribution in [0.2, 0.25) is 0 Å². The molecule has 1 amide bonds. The summed E-state index contributed by atoms with van der Waals surface area (Å²) in [6.07, 6.45) is 4.74. The van der Waals surface area contributed by atoms with E-state index < -0.39 is 23.1 Å². The molecule has 3 nitrogen and oxygen atoms in total. The van der Waals surface area contributed by atoms with E-state index in [9.17, 15) is 13.6 Å². The van der Waals surface area contributed by atoms with Crippen LogP contribution in [0, 0.1) is 11.6 Å². The number of hydrogen-bond acceptors (Lipinski definition) is 2. The van der Waals surface area contributed by atoms with Gasteiger partial charge < -0.3 is 11.1 Å². The minimum atomic E-state index is -0.847. The molecule has 0 aromatic heterocycles. The fourth-order valence-electron chi connectivity index (χ4n) is 2.59. The van der Waals surface area contributed by atoms with E-state index in [1.807, 2.05) is 0 Å². The summed E-state index contributed by atoms with van der Waals surface area (Å²) in [5, 5.41) is 2.83. The Morgan fingerprint density at radius 1 is 1.26 bits per heavy atom. The Kier molecular flexibility index (Phi) is 4.14. The number of carbonyl (C=O) groups excluding carboxylic acids is 1. The molecule has 5 heteroatoms. The highest BCUT2D eigenvalue weighted by Gasteiger charge is 2.32. The maximum absolute atomic E-state index is 13.6. The van der Waals surface area contributed by atoms with Crippen LogP contribution in [0.5, 0.6) is 0 Å². The van der Waals surface area contributed by atoms with Crippen molar-refractivity contribution in [1.29, 1.82) is 0 Å². The van der Waals surface area contributed by atoms with Gasteiger partial charge in [-0.15, -0.1) is 0 Å². The average molecular weight is 268 g/mol. The largest absolute Gasteiger partial charge is 0.345 e. The van der Waals surface area contributed by atoms with Gasteiger partial charge >= 0.3 is 0 Å². The van der Waals surface area contributed by atoms with Gasteiger partial charge in [0.15, 0.2) is 0 Å². The summed E-state index contributed by atoms with van der Waals surface area (Å²) in [5.41, 5.74) is 5.17. The smallest absolute Gasteiger partial charge is 0.254 e. The van der Waals surface area contributed by atoms with Gasteiger partial charge in [0.2, 0.25) is 0 Å². The first-order chi connectivity index (χ1) is 9.06.